The lowest BCUT2D eigenvalue weighted by Crippen LogP contribution is -2.40. The smallest absolute Gasteiger partial charge is 0.269 e. The Kier molecular flexibility index (Phi) is 3.95. The summed E-state index contributed by atoms with van der Waals surface area (Å²) in [6, 6.07) is 14.3. The molecule has 2 rings (SSSR count). The Morgan fingerprint density at radius 2 is 1.65 bits per heavy atom. The number of nitro benzene ring substituents is 1. The summed E-state index contributed by atoms with van der Waals surface area (Å²) in [5, 5.41) is 21.8. The average Bonchev–Trinajstić information content (AvgIpc) is 2.45. The van der Waals surface area contributed by atoms with E-state index in [0.29, 0.717) is 5.69 Å². The Bertz CT molecular complexity index is 611. The van der Waals surface area contributed by atoms with Gasteiger partial charge in [-0.15, -0.1) is 0 Å². The highest BCUT2D eigenvalue weighted by atomic mass is 16.6. The molecule has 0 fully saturated rings. The number of non-ortho nitro benzene ring substituents is 1. The number of hydrogen-bond acceptors (Lipinski definition) is 4. The van der Waals surface area contributed by atoms with Gasteiger partial charge in [0.2, 0.25) is 0 Å². The van der Waals surface area contributed by atoms with Gasteiger partial charge >= 0.3 is 0 Å². The molecule has 102 valence electrons. The summed E-state index contributed by atoms with van der Waals surface area (Å²) in [5.41, 5.74) is 1.04. The van der Waals surface area contributed by atoms with Crippen LogP contribution in [-0.2, 0) is 6.54 Å². The highest BCUT2D eigenvalue weighted by molar-refractivity contribution is 5.84. The molecule has 0 aliphatic rings. The van der Waals surface area contributed by atoms with E-state index in [0.717, 1.165) is 10.5 Å². The van der Waals surface area contributed by atoms with Crippen LogP contribution in [0.5, 0.6) is 0 Å². The van der Waals surface area contributed by atoms with E-state index in [2.05, 4.69) is 0 Å². The van der Waals surface area contributed by atoms with E-state index in [-0.39, 0.29) is 12.2 Å². The summed E-state index contributed by atoms with van der Waals surface area (Å²) >= 11 is 0. The van der Waals surface area contributed by atoms with Gasteiger partial charge in [-0.2, -0.15) is 0 Å². The van der Waals surface area contributed by atoms with Crippen molar-refractivity contribution in [2.24, 2.45) is 0 Å². The van der Waals surface area contributed by atoms with E-state index >= 15 is 0 Å². The highest BCUT2D eigenvalue weighted by Gasteiger charge is 2.11. The summed E-state index contributed by atoms with van der Waals surface area (Å²) in [6.07, 6.45) is -1.36. The first-order valence-electron chi connectivity index (χ1n) is 5.85. The third kappa shape index (κ3) is 3.11. The molecule has 2 aromatic carbocycles. The van der Waals surface area contributed by atoms with Crippen LogP contribution in [-0.4, -0.2) is 11.0 Å². The molecule has 1 amide bonds. The number of carboxylic acid groups (broad SMARTS) is 1. The van der Waals surface area contributed by atoms with Gasteiger partial charge in [0.05, 0.1) is 4.92 Å². The van der Waals surface area contributed by atoms with E-state index < -0.39 is 11.0 Å². The maximum atomic E-state index is 11.2. The third-order valence-electron chi connectivity index (χ3n) is 2.78. The van der Waals surface area contributed by atoms with Gasteiger partial charge < -0.3 is 14.8 Å². The Morgan fingerprint density at radius 1 is 1.05 bits per heavy atom. The van der Waals surface area contributed by atoms with Crippen LogP contribution < -0.4 is 10.0 Å². The molecule has 0 unspecified atom stereocenters. The summed E-state index contributed by atoms with van der Waals surface area (Å²) in [4.78, 5) is 22.3. The van der Waals surface area contributed by atoms with Crippen molar-refractivity contribution in [1.82, 2.24) is 0 Å². The summed E-state index contributed by atoms with van der Waals surface area (Å²) in [6.45, 7) is 0.126. The fraction of sp³-hybridized carbons (Fsp3) is 0.0714. The van der Waals surface area contributed by atoms with Crippen molar-refractivity contribution >= 4 is 17.5 Å². The molecular weight excluding hydrogens is 260 g/mol. The van der Waals surface area contributed by atoms with E-state index in [1.165, 1.54) is 24.3 Å². The van der Waals surface area contributed by atoms with Crippen LogP contribution in [0.1, 0.15) is 5.56 Å². The van der Waals surface area contributed by atoms with Gasteiger partial charge in [-0.3, -0.25) is 10.1 Å². The van der Waals surface area contributed by atoms with Crippen molar-refractivity contribution in [3.63, 3.8) is 0 Å². The van der Waals surface area contributed by atoms with Crippen LogP contribution in [0.15, 0.2) is 54.6 Å². The third-order valence-corrected chi connectivity index (χ3v) is 2.78. The Morgan fingerprint density at radius 3 is 2.15 bits per heavy atom. The van der Waals surface area contributed by atoms with Crippen LogP contribution in [0.25, 0.3) is 0 Å². The second-order valence-electron chi connectivity index (χ2n) is 4.11. The number of amides is 1. The number of carbonyl (C=O) groups excluding carboxylic acids is 1. The number of hydrogen-bond donors (Lipinski definition) is 0. The van der Waals surface area contributed by atoms with Crippen molar-refractivity contribution in [3.05, 3.63) is 70.3 Å². The number of anilines is 1. The Hall–Kier alpha value is -2.89. The lowest BCUT2D eigenvalue weighted by Gasteiger charge is -2.25. The zero-order valence-electron chi connectivity index (χ0n) is 10.4. The van der Waals surface area contributed by atoms with E-state index in [1.54, 1.807) is 24.3 Å². The van der Waals surface area contributed by atoms with Gasteiger partial charge in [-0.05, 0) is 17.7 Å². The normalized spacial score (nSPS) is 10.0. The van der Waals surface area contributed by atoms with Crippen molar-refractivity contribution in [2.45, 2.75) is 6.54 Å². The van der Waals surface area contributed by atoms with Crippen LogP contribution >= 0.6 is 0 Å². The quantitative estimate of drug-likeness (QED) is 0.628. The maximum Gasteiger partial charge on any atom is 0.269 e. The topological polar surface area (TPSA) is 86.5 Å². The number of nitro groups is 1. The molecule has 20 heavy (non-hydrogen) atoms. The second-order valence-corrected chi connectivity index (χ2v) is 4.11. The minimum Gasteiger partial charge on any atom is -0.530 e. The number of rotatable bonds is 4. The fourth-order valence-corrected chi connectivity index (χ4v) is 1.78. The molecule has 2 aromatic rings. The first-order valence-corrected chi connectivity index (χ1v) is 5.85. The van der Waals surface area contributed by atoms with E-state index in [4.69, 9.17) is 0 Å². The zero-order valence-corrected chi connectivity index (χ0v) is 10.4. The minimum atomic E-state index is -1.36. The van der Waals surface area contributed by atoms with Crippen molar-refractivity contribution in [2.75, 3.05) is 4.90 Å². The maximum absolute atomic E-state index is 11.2. The minimum absolute atomic E-state index is 0.0910. The van der Waals surface area contributed by atoms with Gasteiger partial charge in [0.1, 0.15) is 6.09 Å². The van der Waals surface area contributed by atoms with Gasteiger partial charge in [0.25, 0.3) is 5.69 Å². The molecule has 0 bridgehead atoms. The number of carbonyl (C=O) groups is 1. The molecule has 0 saturated heterocycles. The van der Waals surface area contributed by atoms with Crippen molar-refractivity contribution in [3.8, 4) is 0 Å². The first kappa shape index (κ1) is 13.5. The summed E-state index contributed by atoms with van der Waals surface area (Å²) in [7, 11) is 0. The average molecular weight is 271 g/mol. The van der Waals surface area contributed by atoms with E-state index in [9.17, 15) is 20.0 Å². The van der Waals surface area contributed by atoms with Gasteiger partial charge in [0.15, 0.2) is 0 Å². The molecule has 0 aliphatic carbocycles. The second kappa shape index (κ2) is 5.83. The molecular formula is C14H11N2O4-. The Labute approximate surface area is 115 Å². The molecule has 0 N–H and O–H groups in total. The zero-order chi connectivity index (χ0) is 14.5. The monoisotopic (exact) mass is 271 g/mol. The SMILES string of the molecule is O=C([O-])N(Cc1ccccc1)c1ccc([N+](=O)[O-])cc1. The van der Waals surface area contributed by atoms with Crippen molar-refractivity contribution in [1.29, 1.82) is 0 Å². The molecule has 0 radical (unpaired) electrons. The van der Waals surface area contributed by atoms with Crippen LogP contribution in [0.2, 0.25) is 0 Å². The largest absolute Gasteiger partial charge is 0.530 e. The lowest BCUT2D eigenvalue weighted by atomic mass is 10.2. The van der Waals surface area contributed by atoms with Gasteiger partial charge in [-0.1, -0.05) is 30.3 Å². The lowest BCUT2D eigenvalue weighted by molar-refractivity contribution is -0.384. The van der Waals surface area contributed by atoms with Crippen LogP contribution in [0, 0.1) is 10.1 Å². The first-order chi connectivity index (χ1) is 9.58. The molecule has 6 nitrogen and oxygen atoms in total. The molecule has 6 heteroatoms. The molecule has 0 aliphatic heterocycles. The summed E-state index contributed by atoms with van der Waals surface area (Å²) in [5.74, 6) is 0. The van der Waals surface area contributed by atoms with E-state index in [1.807, 2.05) is 6.07 Å². The predicted molar refractivity (Wildman–Crippen MR) is 71.1 cm³/mol. The van der Waals surface area contributed by atoms with Crippen LogP contribution in [0.4, 0.5) is 16.2 Å². The molecule has 0 saturated carbocycles. The Balaban J connectivity index is 2.25. The summed E-state index contributed by atoms with van der Waals surface area (Å²) < 4.78 is 0. The number of benzene rings is 2. The number of nitrogens with zero attached hydrogens (tertiary/aromatic N) is 2. The fourth-order valence-electron chi connectivity index (χ4n) is 1.78. The van der Waals surface area contributed by atoms with Crippen molar-refractivity contribution < 1.29 is 14.8 Å². The highest BCUT2D eigenvalue weighted by Crippen LogP contribution is 2.21. The van der Waals surface area contributed by atoms with Gasteiger partial charge in [-0.25, -0.2) is 0 Å². The van der Waals surface area contributed by atoms with Crippen LogP contribution in [0.3, 0.4) is 0 Å². The molecule has 0 heterocycles. The molecule has 0 atom stereocenters. The molecule has 0 spiro atoms. The standard InChI is InChI=1S/C14H12N2O4/c17-14(18)15(10-11-4-2-1-3-5-11)12-6-8-13(9-7-12)16(19)20/h1-9H,10H2,(H,17,18)/p-1. The van der Waals surface area contributed by atoms with Gasteiger partial charge in [0, 0.05) is 24.4 Å². The molecule has 0 aromatic heterocycles. The predicted octanol–water partition coefficient (Wildman–Crippen LogP) is 1.94.